The smallest absolute Gasteiger partial charge is 0.477 e. The van der Waals surface area contributed by atoms with E-state index in [1.807, 2.05) is 0 Å². The fourth-order valence-electron chi connectivity index (χ4n) is 4.09. The number of rotatable bonds is 8. The van der Waals surface area contributed by atoms with Gasteiger partial charge >= 0.3 is 6.36 Å². The van der Waals surface area contributed by atoms with E-state index in [4.69, 9.17) is 10.5 Å². The van der Waals surface area contributed by atoms with Crippen LogP contribution in [0.2, 0.25) is 0 Å². The third-order valence-corrected chi connectivity index (χ3v) is 6.09. The van der Waals surface area contributed by atoms with E-state index in [0.717, 1.165) is 12.1 Å². The number of nitrogens with two attached hydrogens (primary N) is 1. The van der Waals surface area contributed by atoms with E-state index in [9.17, 15) is 27.2 Å². The van der Waals surface area contributed by atoms with Crippen LogP contribution in [0.5, 0.6) is 11.6 Å². The van der Waals surface area contributed by atoms with Crippen LogP contribution in [0.4, 0.5) is 17.6 Å². The van der Waals surface area contributed by atoms with Crippen LogP contribution in [0, 0.1) is 5.92 Å². The number of piperidine rings is 1. The molecule has 2 amide bonds. The van der Waals surface area contributed by atoms with Crippen molar-refractivity contribution in [3.8, 4) is 22.9 Å². The van der Waals surface area contributed by atoms with Crippen LogP contribution in [0.25, 0.3) is 11.3 Å². The van der Waals surface area contributed by atoms with Gasteiger partial charge in [-0.3, -0.25) is 9.59 Å². The van der Waals surface area contributed by atoms with Gasteiger partial charge in [-0.1, -0.05) is 12.1 Å². The van der Waals surface area contributed by atoms with Crippen molar-refractivity contribution in [2.45, 2.75) is 25.4 Å². The fraction of sp³-hybridized carbons (Fsp3) is 0.360. The molecule has 1 aliphatic rings. The summed E-state index contributed by atoms with van der Waals surface area (Å²) in [6.07, 6.45) is -1.13. The lowest BCUT2D eigenvalue weighted by atomic mass is 9.95. The number of primary amides is 1. The Morgan fingerprint density at radius 2 is 1.92 bits per heavy atom. The molecule has 1 unspecified atom stereocenters. The second-order valence-corrected chi connectivity index (χ2v) is 8.95. The van der Waals surface area contributed by atoms with Crippen LogP contribution in [0.3, 0.4) is 0 Å². The molecule has 0 radical (unpaired) electrons. The fourth-order valence-corrected chi connectivity index (χ4v) is 4.09. The number of benzene rings is 1. The Morgan fingerprint density at radius 3 is 2.53 bits per heavy atom. The summed E-state index contributed by atoms with van der Waals surface area (Å²) in [5, 5.41) is 0. The zero-order chi connectivity index (χ0) is 27.4. The van der Waals surface area contributed by atoms with Gasteiger partial charge in [-0.2, -0.15) is 0 Å². The van der Waals surface area contributed by atoms with Gasteiger partial charge in [0.1, 0.15) is 17.5 Å². The highest BCUT2D eigenvalue weighted by Gasteiger charge is 2.33. The van der Waals surface area contributed by atoms with Crippen molar-refractivity contribution in [3.63, 3.8) is 0 Å². The number of pyridine rings is 1. The largest absolute Gasteiger partial charge is 0.573 e. The second-order valence-electron chi connectivity index (χ2n) is 8.95. The number of carbonyl (C=O) groups excluding carboxylic acids is 2. The van der Waals surface area contributed by atoms with E-state index >= 15 is 0 Å². The Labute approximate surface area is 215 Å². The van der Waals surface area contributed by atoms with Crippen molar-refractivity contribution in [3.05, 3.63) is 60.2 Å². The molecule has 0 bridgehead atoms. The predicted octanol–water partition coefficient (Wildman–Crippen LogP) is 3.29. The number of amides is 2. The van der Waals surface area contributed by atoms with Gasteiger partial charge in [0.05, 0.1) is 31.6 Å². The number of hydrogen-bond acceptors (Lipinski definition) is 6. The third kappa shape index (κ3) is 6.78. The summed E-state index contributed by atoms with van der Waals surface area (Å²) < 4.78 is 63.1. The van der Waals surface area contributed by atoms with E-state index in [1.165, 1.54) is 29.3 Å². The highest BCUT2D eigenvalue weighted by atomic mass is 19.4. The maximum atomic E-state index is 14.9. The van der Waals surface area contributed by atoms with Gasteiger partial charge < -0.3 is 24.7 Å². The molecule has 1 saturated heterocycles. The summed E-state index contributed by atoms with van der Waals surface area (Å²) in [5.41, 5.74) is 7.19. The molecule has 4 rings (SSSR count). The number of alkyl halides is 4. The van der Waals surface area contributed by atoms with Crippen LogP contribution in [0.1, 0.15) is 22.3 Å². The Bertz CT molecular complexity index is 1300. The summed E-state index contributed by atoms with van der Waals surface area (Å²) in [6.45, 7) is 0.0498. The Balaban J connectivity index is 1.31. The molecule has 1 aromatic carbocycles. The highest BCUT2D eigenvalue weighted by molar-refractivity contribution is 5.96. The molecular weight excluding hydrogens is 510 g/mol. The lowest BCUT2D eigenvalue weighted by Crippen LogP contribution is -2.47. The summed E-state index contributed by atoms with van der Waals surface area (Å²) in [6, 6.07) is 6.47. The first-order valence-corrected chi connectivity index (χ1v) is 11.7. The number of hydrogen-bond donors (Lipinski definition) is 1. The van der Waals surface area contributed by atoms with Crippen molar-refractivity contribution in [2.75, 3.05) is 19.7 Å². The Hall–Kier alpha value is -4.16. The highest BCUT2D eigenvalue weighted by Crippen LogP contribution is 2.27. The zero-order valence-corrected chi connectivity index (χ0v) is 20.3. The number of nitrogens with zero attached hydrogens (tertiary/aromatic N) is 4. The molecule has 9 nitrogen and oxygen atoms in total. The molecule has 1 fully saturated rings. The standard InChI is InChI=1S/C25H25F4N5O4/c1-33-12-21(32-14-33)17-9-19(23(30)36)24(31-10-17)37-13-16-6-7-34(11-20(16)26)22(35)8-15-2-4-18(5-3-15)38-25(27,28)29/h2-5,9-10,12,14,16,20H,6-8,11,13H2,1H3,(H2,30,36)/t16?,20-/m1/s1. The molecule has 3 heterocycles. The number of likely N-dealkylation sites (tertiary alicyclic amines) is 1. The topological polar surface area (TPSA) is 113 Å². The molecule has 0 aliphatic carbocycles. The average molecular weight is 535 g/mol. The number of carbonyl (C=O) groups is 2. The predicted molar refractivity (Wildman–Crippen MR) is 127 cm³/mol. The molecular formula is C25H25F4N5O4. The first-order chi connectivity index (χ1) is 18.0. The van der Waals surface area contributed by atoms with Gasteiger partial charge in [-0.25, -0.2) is 14.4 Å². The molecule has 0 saturated carbocycles. The van der Waals surface area contributed by atoms with Crippen LogP contribution < -0.4 is 15.2 Å². The lowest BCUT2D eigenvalue weighted by molar-refractivity contribution is -0.274. The molecule has 38 heavy (non-hydrogen) atoms. The second kappa shape index (κ2) is 11.1. The first kappa shape index (κ1) is 26.9. The Kier molecular flexibility index (Phi) is 7.83. The van der Waals surface area contributed by atoms with Gasteiger partial charge in [0.15, 0.2) is 0 Å². The average Bonchev–Trinajstić information content (AvgIpc) is 3.29. The molecule has 2 aromatic heterocycles. The number of aromatic nitrogens is 3. The van der Waals surface area contributed by atoms with E-state index in [2.05, 4.69) is 14.7 Å². The summed E-state index contributed by atoms with van der Waals surface area (Å²) >= 11 is 0. The van der Waals surface area contributed by atoms with Gasteiger partial charge in [0.2, 0.25) is 11.8 Å². The van der Waals surface area contributed by atoms with Gasteiger partial charge in [-0.15, -0.1) is 13.2 Å². The van der Waals surface area contributed by atoms with Crippen molar-refractivity contribution in [2.24, 2.45) is 18.7 Å². The molecule has 0 spiro atoms. The monoisotopic (exact) mass is 535 g/mol. The minimum Gasteiger partial charge on any atom is -0.477 e. The quantitative estimate of drug-likeness (QED) is 0.443. The van der Waals surface area contributed by atoms with Crippen LogP contribution in [-0.4, -0.2) is 63.5 Å². The molecule has 2 atom stereocenters. The number of imidazole rings is 1. The van der Waals surface area contributed by atoms with Gasteiger partial charge in [-0.05, 0) is 30.2 Å². The maximum absolute atomic E-state index is 14.9. The van der Waals surface area contributed by atoms with E-state index in [0.29, 0.717) is 23.2 Å². The summed E-state index contributed by atoms with van der Waals surface area (Å²) in [5.74, 6) is -2.05. The summed E-state index contributed by atoms with van der Waals surface area (Å²) in [4.78, 5) is 34.4. The van der Waals surface area contributed by atoms with E-state index < -0.39 is 30.1 Å². The van der Waals surface area contributed by atoms with Crippen molar-refractivity contribution < 1.29 is 36.6 Å². The number of aryl methyl sites for hydroxylation is 1. The van der Waals surface area contributed by atoms with E-state index in [1.54, 1.807) is 24.1 Å². The molecule has 1 aliphatic heterocycles. The van der Waals surface area contributed by atoms with Crippen LogP contribution in [-0.2, 0) is 18.3 Å². The maximum Gasteiger partial charge on any atom is 0.573 e. The van der Waals surface area contributed by atoms with Gasteiger partial charge in [0, 0.05) is 37.5 Å². The van der Waals surface area contributed by atoms with Crippen LogP contribution >= 0.6 is 0 Å². The van der Waals surface area contributed by atoms with Crippen LogP contribution in [0.15, 0.2) is 49.1 Å². The SMILES string of the molecule is Cn1cnc(-c2cnc(OCC3CCN(C(=O)Cc4ccc(OC(F)(F)F)cc4)C[C@H]3F)c(C(N)=O)c2)c1. The van der Waals surface area contributed by atoms with Crippen molar-refractivity contribution in [1.29, 1.82) is 0 Å². The van der Waals surface area contributed by atoms with Crippen molar-refractivity contribution in [1.82, 2.24) is 19.4 Å². The van der Waals surface area contributed by atoms with Gasteiger partial charge in [0.25, 0.3) is 5.91 Å². The van der Waals surface area contributed by atoms with E-state index in [-0.39, 0.29) is 43.5 Å². The minimum absolute atomic E-state index is 0.0131. The lowest BCUT2D eigenvalue weighted by Gasteiger charge is -2.34. The number of halogens is 4. The first-order valence-electron chi connectivity index (χ1n) is 11.7. The molecule has 2 N–H and O–H groups in total. The number of ether oxygens (including phenoxy) is 2. The molecule has 13 heteroatoms. The zero-order valence-electron chi connectivity index (χ0n) is 20.3. The molecule has 3 aromatic rings. The molecule has 202 valence electrons. The minimum atomic E-state index is -4.80. The van der Waals surface area contributed by atoms with Crippen molar-refractivity contribution >= 4 is 11.8 Å². The third-order valence-electron chi connectivity index (χ3n) is 6.09. The Morgan fingerprint density at radius 1 is 1.18 bits per heavy atom. The normalized spacial score (nSPS) is 17.8. The summed E-state index contributed by atoms with van der Waals surface area (Å²) in [7, 11) is 1.80.